The molecule has 0 spiro atoms. The maximum atomic E-state index is 12.5. The molecule has 0 saturated heterocycles. The molecule has 140 valence electrons. The fraction of sp³-hybridized carbons (Fsp3) is 0.250. The van der Waals surface area contributed by atoms with Crippen LogP contribution in [0.1, 0.15) is 51.1 Å². The Hall–Kier alpha value is -3.35. The average Bonchev–Trinajstić information content (AvgIpc) is 3.22. The number of ether oxygens (including phenoxy) is 1. The number of esters is 1. The molecule has 0 bridgehead atoms. The molecular weight excluding hydrogens is 346 g/mol. The maximum absolute atomic E-state index is 12.5. The summed E-state index contributed by atoms with van der Waals surface area (Å²) in [6.07, 6.45) is 3.41. The average molecular weight is 367 g/mol. The van der Waals surface area contributed by atoms with Gasteiger partial charge in [0.05, 0.1) is 5.56 Å². The van der Waals surface area contributed by atoms with Crippen LogP contribution in [-0.2, 0) is 11.8 Å². The van der Waals surface area contributed by atoms with E-state index in [1.165, 1.54) is 16.8 Å². The number of fused-ring (bicyclic) bond motifs is 1. The van der Waals surface area contributed by atoms with E-state index in [2.05, 4.69) is 18.4 Å². The molecule has 2 N–H and O–H groups in total. The van der Waals surface area contributed by atoms with E-state index in [-0.39, 0.29) is 17.3 Å². The van der Waals surface area contributed by atoms with Crippen LogP contribution < -0.4 is 5.73 Å². The lowest BCUT2D eigenvalue weighted by Crippen LogP contribution is -2.15. The molecule has 1 amide bonds. The Morgan fingerprint density at radius 1 is 1.19 bits per heavy atom. The Kier molecular flexibility index (Phi) is 4.85. The first-order chi connectivity index (χ1) is 12.8. The second-order valence-corrected chi connectivity index (χ2v) is 6.64. The molecule has 1 aromatic carbocycles. The molecule has 2 aromatic heterocycles. The van der Waals surface area contributed by atoms with E-state index < -0.39 is 24.3 Å². The standard InChI is InChI=1S/C20H21N3O4/c1-12(2)23-8-7-14-15(5-4-6-16(14)23)20(26)27-11-18(24)13-9-17(19(21)25)22(3)10-13/h4-10,12H,11H2,1-3H3,(H2,21,25). The highest BCUT2D eigenvalue weighted by Crippen LogP contribution is 2.24. The van der Waals surface area contributed by atoms with Crippen molar-refractivity contribution < 1.29 is 19.1 Å². The highest BCUT2D eigenvalue weighted by atomic mass is 16.5. The highest BCUT2D eigenvalue weighted by molar-refractivity contribution is 6.06. The first-order valence-corrected chi connectivity index (χ1v) is 8.55. The van der Waals surface area contributed by atoms with Crippen molar-refractivity contribution in [2.45, 2.75) is 19.9 Å². The third-order valence-corrected chi connectivity index (χ3v) is 4.45. The van der Waals surface area contributed by atoms with Gasteiger partial charge in [-0.15, -0.1) is 0 Å². The summed E-state index contributed by atoms with van der Waals surface area (Å²) in [6.45, 7) is 3.70. The zero-order valence-electron chi connectivity index (χ0n) is 15.4. The van der Waals surface area contributed by atoms with Crippen LogP contribution in [-0.4, -0.2) is 33.4 Å². The van der Waals surface area contributed by atoms with Crippen LogP contribution in [0, 0.1) is 0 Å². The van der Waals surface area contributed by atoms with Gasteiger partial charge in [-0.2, -0.15) is 0 Å². The van der Waals surface area contributed by atoms with Gasteiger partial charge in [-0.25, -0.2) is 4.79 Å². The van der Waals surface area contributed by atoms with Crippen molar-refractivity contribution in [2.24, 2.45) is 12.8 Å². The van der Waals surface area contributed by atoms with E-state index in [4.69, 9.17) is 10.5 Å². The SMILES string of the molecule is CC(C)n1ccc2c(C(=O)OCC(=O)c3cc(C(N)=O)n(C)c3)cccc21. The number of benzene rings is 1. The van der Waals surface area contributed by atoms with E-state index in [0.29, 0.717) is 5.56 Å². The smallest absolute Gasteiger partial charge is 0.339 e. The molecule has 27 heavy (non-hydrogen) atoms. The molecule has 0 unspecified atom stereocenters. The predicted molar refractivity (Wildman–Crippen MR) is 101 cm³/mol. The molecule has 3 aromatic rings. The summed E-state index contributed by atoms with van der Waals surface area (Å²) in [5.41, 5.74) is 7.06. The third-order valence-electron chi connectivity index (χ3n) is 4.45. The van der Waals surface area contributed by atoms with Gasteiger partial charge in [-0.1, -0.05) is 6.07 Å². The Morgan fingerprint density at radius 2 is 1.93 bits per heavy atom. The number of Topliss-reactive ketones (excluding diaryl/α,β-unsaturated/α-hetero) is 1. The molecule has 0 aliphatic rings. The van der Waals surface area contributed by atoms with Gasteiger partial charge in [0.1, 0.15) is 5.69 Å². The summed E-state index contributed by atoms with van der Waals surface area (Å²) >= 11 is 0. The molecule has 0 fully saturated rings. The summed E-state index contributed by atoms with van der Waals surface area (Å²) in [6, 6.07) is 8.91. The topological polar surface area (TPSA) is 96.3 Å². The number of carbonyl (C=O) groups excluding carboxylic acids is 3. The fourth-order valence-electron chi connectivity index (χ4n) is 3.07. The minimum atomic E-state index is -0.630. The van der Waals surface area contributed by atoms with Gasteiger partial charge in [0.15, 0.2) is 6.61 Å². The van der Waals surface area contributed by atoms with Gasteiger partial charge in [-0.3, -0.25) is 9.59 Å². The molecule has 7 nitrogen and oxygen atoms in total. The minimum absolute atomic E-state index is 0.212. The van der Waals surface area contributed by atoms with Crippen LogP contribution in [0.15, 0.2) is 42.7 Å². The molecule has 2 heterocycles. The predicted octanol–water partition coefficient (Wildman–Crippen LogP) is 2.70. The van der Waals surface area contributed by atoms with Crippen LogP contribution >= 0.6 is 0 Å². The van der Waals surface area contributed by atoms with E-state index >= 15 is 0 Å². The van der Waals surface area contributed by atoms with Crippen LogP contribution in [0.2, 0.25) is 0 Å². The van der Waals surface area contributed by atoms with Crippen molar-refractivity contribution in [2.75, 3.05) is 6.61 Å². The quantitative estimate of drug-likeness (QED) is 0.535. The van der Waals surface area contributed by atoms with Gasteiger partial charge < -0.3 is 19.6 Å². The lowest BCUT2D eigenvalue weighted by atomic mass is 10.1. The number of primary amides is 1. The first-order valence-electron chi connectivity index (χ1n) is 8.55. The molecule has 0 aliphatic heterocycles. The van der Waals surface area contributed by atoms with Crippen molar-refractivity contribution in [1.29, 1.82) is 0 Å². The zero-order chi connectivity index (χ0) is 19.7. The number of hydrogen-bond donors (Lipinski definition) is 1. The summed E-state index contributed by atoms with van der Waals surface area (Å²) in [5.74, 6) is -1.60. The number of rotatable bonds is 6. The van der Waals surface area contributed by atoms with Gasteiger partial charge in [0.2, 0.25) is 5.78 Å². The molecule has 3 rings (SSSR count). The number of aryl methyl sites for hydroxylation is 1. The van der Waals surface area contributed by atoms with E-state index in [1.54, 1.807) is 19.2 Å². The summed E-state index contributed by atoms with van der Waals surface area (Å²) < 4.78 is 8.74. The molecule has 0 saturated carbocycles. The molecule has 0 aliphatic carbocycles. The second-order valence-electron chi connectivity index (χ2n) is 6.64. The van der Waals surface area contributed by atoms with E-state index in [0.717, 1.165) is 10.9 Å². The van der Waals surface area contributed by atoms with E-state index in [1.807, 2.05) is 18.3 Å². The van der Waals surface area contributed by atoms with E-state index in [9.17, 15) is 14.4 Å². The van der Waals surface area contributed by atoms with Crippen molar-refractivity contribution in [1.82, 2.24) is 9.13 Å². The van der Waals surface area contributed by atoms with Crippen LogP contribution in [0.25, 0.3) is 10.9 Å². The lowest BCUT2D eigenvalue weighted by molar-refractivity contribution is 0.0476. The molecule has 7 heteroatoms. The number of aromatic nitrogens is 2. The number of amides is 1. The Morgan fingerprint density at radius 3 is 2.56 bits per heavy atom. The van der Waals surface area contributed by atoms with Gasteiger partial charge in [0, 0.05) is 41.9 Å². The largest absolute Gasteiger partial charge is 0.454 e. The Labute approximate surface area is 156 Å². The van der Waals surface area contributed by atoms with Crippen molar-refractivity contribution in [3.63, 3.8) is 0 Å². The molecule has 0 radical (unpaired) electrons. The number of nitrogens with zero attached hydrogens (tertiary/aromatic N) is 2. The van der Waals surface area contributed by atoms with Crippen LogP contribution in [0.4, 0.5) is 0 Å². The first kappa shape index (κ1) is 18.4. The number of hydrogen-bond acceptors (Lipinski definition) is 4. The van der Waals surface area contributed by atoms with Crippen molar-refractivity contribution in [3.05, 3.63) is 59.5 Å². The minimum Gasteiger partial charge on any atom is -0.454 e. The zero-order valence-corrected chi connectivity index (χ0v) is 15.4. The fourth-order valence-corrected chi connectivity index (χ4v) is 3.07. The molecule has 0 atom stereocenters. The lowest BCUT2D eigenvalue weighted by Gasteiger charge is -2.10. The third kappa shape index (κ3) is 3.48. The van der Waals surface area contributed by atoms with Crippen LogP contribution in [0.3, 0.4) is 0 Å². The number of ketones is 1. The van der Waals surface area contributed by atoms with Crippen molar-refractivity contribution in [3.8, 4) is 0 Å². The summed E-state index contributed by atoms with van der Waals surface area (Å²) in [4.78, 5) is 36.1. The van der Waals surface area contributed by atoms with Crippen molar-refractivity contribution >= 4 is 28.6 Å². The maximum Gasteiger partial charge on any atom is 0.339 e. The highest BCUT2D eigenvalue weighted by Gasteiger charge is 2.18. The summed E-state index contributed by atoms with van der Waals surface area (Å²) in [5, 5.41) is 0.777. The Balaban J connectivity index is 1.76. The number of nitrogens with two attached hydrogens (primary N) is 1. The van der Waals surface area contributed by atoms with Gasteiger partial charge >= 0.3 is 5.97 Å². The Bertz CT molecular complexity index is 1040. The van der Waals surface area contributed by atoms with Gasteiger partial charge in [-0.05, 0) is 38.1 Å². The molecular formula is C20H21N3O4. The normalized spacial score (nSPS) is 11.1. The monoisotopic (exact) mass is 367 g/mol. The number of carbonyl (C=O) groups is 3. The second kappa shape index (κ2) is 7.11. The summed E-state index contributed by atoms with van der Waals surface area (Å²) in [7, 11) is 1.61. The van der Waals surface area contributed by atoms with Crippen LogP contribution in [0.5, 0.6) is 0 Å². The van der Waals surface area contributed by atoms with Gasteiger partial charge in [0.25, 0.3) is 5.91 Å².